The molecule has 0 aromatic carbocycles. The second-order valence-electron chi connectivity index (χ2n) is 21.8. The van der Waals surface area contributed by atoms with Crippen LogP contribution in [0.2, 0.25) is 0 Å². The molecule has 0 bridgehead atoms. The minimum Gasteiger partial charge on any atom is -0.394 e. The Bertz CT molecular complexity index is 1720. The largest absolute Gasteiger partial charge is 0.394 e. The smallest absolute Gasteiger partial charge is 0.220 e. The maximum absolute atomic E-state index is 12.5. The highest BCUT2D eigenvalue weighted by Crippen LogP contribution is 2.16. The molecule has 3 N–H and O–H groups in total. The van der Waals surface area contributed by atoms with Crippen molar-refractivity contribution in [2.45, 2.75) is 296 Å². The molecule has 0 rings (SSSR count). The van der Waals surface area contributed by atoms with Gasteiger partial charge in [0.1, 0.15) is 0 Å². The van der Waals surface area contributed by atoms with Crippen molar-refractivity contribution in [3.05, 3.63) is 170 Å². The van der Waals surface area contributed by atoms with Gasteiger partial charge in [-0.05, 0) is 122 Å². The fourth-order valence-electron chi connectivity index (χ4n) is 9.18. The highest BCUT2D eigenvalue weighted by molar-refractivity contribution is 5.76. The van der Waals surface area contributed by atoms with Crippen LogP contribution in [0.1, 0.15) is 284 Å². The second kappa shape index (κ2) is 69.0. The molecule has 0 spiro atoms. The Morgan fingerprint density at radius 2 is 0.562 bits per heavy atom. The first-order chi connectivity index (χ1) is 39.7. The van der Waals surface area contributed by atoms with Crippen LogP contribution in [0.3, 0.4) is 0 Å². The standard InChI is InChI=1S/C76H125NO3/c1-3-5-7-9-11-13-15-17-19-21-23-25-27-29-31-33-34-35-36-37-38-39-40-41-42-44-46-48-50-52-54-56-58-60-62-64-66-68-70-72-76(80)77-74(73-78)75(79)71-69-67-65-63-61-59-57-55-53-51-49-47-45-43-32-30-28-26-24-22-20-18-16-14-12-10-8-6-4-2/h5,7,11,13,17,19,23,25,29,31,34-35,37-38,40-41,44,46,50,52,56,58,61-64,69,71,74-75,78-79H,3-4,6,8-10,12,14-16,18,20-22,24,26-28,30,32-33,36,39,42-43,45,47-49,51,53-55,57,59-60,65-68,70,72-73H2,1-2H3,(H,77,80)/b7-5-,13-11-,19-17-,25-23-,31-29-,35-34-,38-37-,41-40-,46-44-,52-50-,58-56-,63-61+,64-62-,71-69+. The number of carbonyl (C=O) groups excluding carboxylic acids is 1. The predicted octanol–water partition coefficient (Wildman–Crippen LogP) is 23.0. The van der Waals surface area contributed by atoms with Gasteiger partial charge in [0.25, 0.3) is 0 Å². The van der Waals surface area contributed by atoms with Gasteiger partial charge in [0.2, 0.25) is 5.91 Å². The molecule has 2 unspecified atom stereocenters. The summed E-state index contributed by atoms with van der Waals surface area (Å²) < 4.78 is 0. The van der Waals surface area contributed by atoms with Gasteiger partial charge >= 0.3 is 0 Å². The van der Waals surface area contributed by atoms with Crippen LogP contribution in [-0.4, -0.2) is 34.9 Å². The molecule has 0 fully saturated rings. The summed E-state index contributed by atoms with van der Waals surface area (Å²) in [5, 5.41) is 23.2. The van der Waals surface area contributed by atoms with E-state index in [0.29, 0.717) is 6.42 Å². The molecule has 4 heteroatoms. The van der Waals surface area contributed by atoms with Gasteiger partial charge < -0.3 is 15.5 Å². The number of hydrogen-bond donors (Lipinski definition) is 3. The Morgan fingerprint density at radius 3 is 0.875 bits per heavy atom. The van der Waals surface area contributed by atoms with E-state index < -0.39 is 12.1 Å². The highest BCUT2D eigenvalue weighted by Gasteiger charge is 2.17. The summed E-state index contributed by atoms with van der Waals surface area (Å²) in [6, 6.07) is -0.678. The van der Waals surface area contributed by atoms with Gasteiger partial charge in [-0.15, -0.1) is 0 Å². The van der Waals surface area contributed by atoms with Crippen molar-refractivity contribution in [1.82, 2.24) is 5.32 Å². The summed E-state index contributed by atoms with van der Waals surface area (Å²) in [5.41, 5.74) is 0. The van der Waals surface area contributed by atoms with Crippen LogP contribution in [0, 0.1) is 0 Å². The van der Waals surface area contributed by atoms with E-state index in [2.05, 4.69) is 177 Å². The third-order valence-electron chi connectivity index (χ3n) is 14.2. The van der Waals surface area contributed by atoms with Crippen molar-refractivity contribution in [1.29, 1.82) is 0 Å². The van der Waals surface area contributed by atoms with Crippen molar-refractivity contribution in [2.24, 2.45) is 0 Å². The third kappa shape index (κ3) is 64.6. The normalized spacial score (nSPS) is 13.9. The molecule has 0 aromatic rings. The molecule has 1 amide bonds. The van der Waals surface area contributed by atoms with Crippen LogP contribution in [0.25, 0.3) is 0 Å². The van der Waals surface area contributed by atoms with Gasteiger partial charge in [0, 0.05) is 6.42 Å². The molecular weight excluding hydrogens is 975 g/mol. The van der Waals surface area contributed by atoms with Crippen LogP contribution < -0.4 is 5.32 Å². The Morgan fingerprint density at radius 1 is 0.312 bits per heavy atom. The van der Waals surface area contributed by atoms with Crippen LogP contribution >= 0.6 is 0 Å². The van der Waals surface area contributed by atoms with E-state index in [1.165, 1.54) is 148 Å². The van der Waals surface area contributed by atoms with E-state index in [0.717, 1.165) is 116 Å². The van der Waals surface area contributed by atoms with Crippen molar-refractivity contribution < 1.29 is 15.0 Å². The lowest BCUT2D eigenvalue weighted by atomic mass is 10.0. The van der Waals surface area contributed by atoms with Gasteiger partial charge in [-0.25, -0.2) is 0 Å². The van der Waals surface area contributed by atoms with Gasteiger partial charge in [-0.2, -0.15) is 0 Å². The predicted molar refractivity (Wildman–Crippen MR) is 358 cm³/mol. The molecule has 2 atom stereocenters. The Hall–Kier alpha value is -4.25. The van der Waals surface area contributed by atoms with E-state index in [-0.39, 0.29) is 12.5 Å². The molecule has 80 heavy (non-hydrogen) atoms. The summed E-state index contributed by atoms with van der Waals surface area (Å²) in [6.45, 7) is 4.18. The summed E-state index contributed by atoms with van der Waals surface area (Å²) in [6.07, 6.45) is 111. The first-order valence-electron chi connectivity index (χ1n) is 33.3. The van der Waals surface area contributed by atoms with Gasteiger partial charge in [0.15, 0.2) is 0 Å². The first kappa shape index (κ1) is 75.8. The van der Waals surface area contributed by atoms with Gasteiger partial charge in [-0.3, -0.25) is 4.79 Å². The number of hydrogen-bond acceptors (Lipinski definition) is 3. The number of amides is 1. The van der Waals surface area contributed by atoms with Crippen molar-refractivity contribution in [3.63, 3.8) is 0 Å². The lowest BCUT2D eigenvalue weighted by Gasteiger charge is -2.19. The lowest BCUT2D eigenvalue weighted by molar-refractivity contribution is -0.123. The summed E-state index contributed by atoms with van der Waals surface area (Å²) >= 11 is 0. The maximum Gasteiger partial charge on any atom is 0.220 e. The lowest BCUT2D eigenvalue weighted by Crippen LogP contribution is -2.45. The summed E-state index contributed by atoms with van der Waals surface area (Å²) in [5.74, 6) is -0.121. The molecular formula is C76H125NO3. The molecule has 0 aliphatic rings. The zero-order chi connectivity index (χ0) is 57.6. The molecule has 0 saturated heterocycles. The minimum atomic E-state index is -0.895. The molecule has 0 aliphatic carbocycles. The van der Waals surface area contributed by atoms with Gasteiger partial charge in [-0.1, -0.05) is 325 Å². The average Bonchev–Trinajstić information content (AvgIpc) is 3.46. The zero-order valence-electron chi connectivity index (χ0n) is 52.0. The Kier molecular flexibility index (Phi) is 65.4. The maximum atomic E-state index is 12.5. The fourth-order valence-corrected chi connectivity index (χ4v) is 9.18. The topological polar surface area (TPSA) is 69.6 Å². The van der Waals surface area contributed by atoms with E-state index >= 15 is 0 Å². The van der Waals surface area contributed by atoms with Crippen molar-refractivity contribution in [3.8, 4) is 0 Å². The van der Waals surface area contributed by atoms with E-state index in [1.54, 1.807) is 6.08 Å². The number of allylic oxidation sites excluding steroid dienone is 27. The van der Waals surface area contributed by atoms with Gasteiger partial charge in [0.05, 0.1) is 18.8 Å². The molecule has 0 aromatic heterocycles. The number of rotatable bonds is 59. The van der Waals surface area contributed by atoms with E-state index in [4.69, 9.17) is 0 Å². The van der Waals surface area contributed by atoms with Crippen LogP contribution in [0.4, 0.5) is 0 Å². The quantitative estimate of drug-likeness (QED) is 0.0420. The van der Waals surface area contributed by atoms with Crippen LogP contribution in [0.5, 0.6) is 0 Å². The SMILES string of the molecule is CC/C=C\C/C=C\C/C=C\C/C=C\C/C=C\C/C=C\C/C=C\C/C=C\C/C=C\C/C=C\C/C=C\C/C=C\CCCCC(=O)NC(CO)C(O)/C=C/CC/C=C/CCCCCCCCCCCCCCCCCCCCCCCCC. The summed E-state index contributed by atoms with van der Waals surface area (Å²) in [7, 11) is 0. The van der Waals surface area contributed by atoms with E-state index in [1.807, 2.05) is 6.08 Å². The molecule has 452 valence electrons. The number of unbranched alkanes of at least 4 members (excludes halogenated alkanes) is 26. The van der Waals surface area contributed by atoms with Crippen LogP contribution in [0.15, 0.2) is 170 Å². The third-order valence-corrected chi connectivity index (χ3v) is 14.2. The first-order valence-corrected chi connectivity index (χ1v) is 33.3. The summed E-state index contributed by atoms with van der Waals surface area (Å²) in [4.78, 5) is 12.5. The monoisotopic (exact) mass is 1100 g/mol. The van der Waals surface area contributed by atoms with Crippen molar-refractivity contribution in [2.75, 3.05) is 6.61 Å². The fraction of sp³-hybridized carbons (Fsp3) is 0.618. The number of aliphatic hydroxyl groups excluding tert-OH is 2. The molecule has 4 nitrogen and oxygen atoms in total. The molecule has 0 saturated carbocycles. The molecule has 0 radical (unpaired) electrons. The Labute approximate surface area is 496 Å². The highest BCUT2D eigenvalue weighted by atomic mass is 16.3. The number of carbonyl (C=O) groups is 1. The van der Waals surface area contributed by atoms with Crippen LogP contribution in [-0.2, 0) is 4.79 Å². The zero-order valence-corrected chi connectivity index (χ0v) is 52.0. The molecule has 0 heterocycles. The average molecular weight is 1100 g/mol. The number of nitrogens with one attached hydrogen (secondary N) is 1. The molecule has 0 aliphatic heterocycles. The second-order valence-corrected chi connectivity index (χ2v) is 21.8. The Balaban J connectivity index is 3.70. The number of aliphatic hydroxyl groups is 2. The minimum absolute atomic E-state index is 0.121. The van der Waals surface area contributed by atoms with Crippen molar-refractivity contribution >= 4 is 5.91 Å². The van der Waals surface area contributed by atoms with E-state index in [9.17, 15) is 15.0 Å².